The van der Waals surface area contributed by atoms with Crippen molar-refractivity contribution >= 4 is 11.6 Å². The molecule has 0 aliphatic heterocycles. The van der Waals surface area contributed by atoms with Crippen LogP contribution in [-0.4, -0.2) is 0 Å². The van der Waals surface area contributed by atoms with E-state index in [1.807, 2.05) is 19.1 Å². The Hall–Kier alpha value is -3.38. The summed E-state index contributed by atoms with van der Waals surface area (Å²) >= 11 is 0. The van der Waals surface area contributed by atoms with Gasteiger partial charge in [0.05, 0.1) is 0 Å². The van der Waals surface area contributed by atoms with E-state index in [1.54, 1.807) is 0 Å². The van der Waals surface area contributed by atoms with Gasteiger partial charge in [0, 0.05) is 0 Å². The van der Waals surface area contributed by atoms with E-state index in [0.29, 0.717) is 0 Å². The van der Waals surface area contributed by atoms with Gasteiger partial charge in [0.2, 0.25) is 0 Å². The molecule has 0 heteroatoms. The molecule has 0 bridgehead atoms. The predicted octanol–water partition coefficient (Wildman–Crippen LogP) is 9.10. The summed E-state index contributed by atoms with van der Waals surface area (Å²) in [4.78, 5) is 0. The molecule has 0 atom stereocenters. The third-order valence-corrected chi connectivity index (χ3v) is 5.12. The summed E-state index contributed by atoms with van der Waals surface area (Å²) in [5.74, 6) is 0. The molecule has 0 spiro atoms. The first-order valence-electron chi connectivity index (χ1n) is 11.1. The van der Waals surface area contributed by atoms with Crippen molar-refractivity contribution in [1.82, 2.24) is 0 Å². The summed E-state index contributed by atoms with van der Waals surface area (Å²) in [6.07, 6.45) is 12.0. The van der Waals surface area contributed by atoms with Crippen LogP contribution in [0.3, 0.4) is 0 Å². The Balaban J connectivity index is 2.02. The zero-order valence-corrected chi connectivity index (χ0v) is 19.8. The molecule has 0 unspecified atom stereocenters. The lowest BCUT2D eigenvalue weighted by Crippen LogP contribution is -1.91. The molecule has 0 aliphatic carbocycles. The minimum absolute atomic E-state index is 0.811. The Morgan fingerprint density at radius 2 is 1.44 bits per heavy atom. The Kier molecular flexibility index (Phi) is 9.70. The van der Waals surface area contributed by atoms with E-state index in [9.17, 15) is 0 Å². The van der Waals surface area contributed by atoms with Gasteiger partial charge in [0.25, 0.3) is 0 Å². The zero-order chi connectivity index (χ0) is 23.5. The first kappa shape index (κ1) is 24.9. The summed E-state index contributed by atoms with van der Waals surface area (Å²) in [7, 11) is 0. The standard InChI is InChI=1S/C32H36/c1-24(2)14-16-26(5)20-30-11-8-10-29(22-30)19-18-28(7)32-13-9-12-31(23-32)21-27(6)17-15-25(3)4/h8-13,15,17-19,22-23H,1,3,5-7,14,16,20-21H2,2,4H3/b17-15+,19-18+. The number of hydrogen-bond donors (Lipinski definition) is 0. The summed E-state index contributed by atoms with van der Waals surface area (Å²) in [6, 6.07) is 17.1. The van der Waals surface area contributed by atoms with Crippen LogP contribution in [0.1, 0.15) is 48.9 Å². The molecule has 0 heterocycles. The molecule has 2 aromatic rings. The predicted molar refractivity (Wildman–Crippen MR) is 145 cm³/mol. The van der Waals surface area contributed by atoms with Gasteiger partial charge in [-0.1, -0.05) is 121 Å². The van der Waals surface area contributed by atoms with Crippen LogP contribution in [0, 0.1) is 0 Å². The Morgan fingerprint density at radius 1 is 0.750 bits per heavy atom. The molecule has 0 aliphatic rings. The smallest absolute Gasteiger partial charge is 0.00314 e. The van der Waals surface area contributed by atoms with Crippen LogP contribution in [0.4, 0.5) is 0 Å². The minimum atomic E-state index is 0.811. The maximum Gasteiger partial charge on any atom is -0.00314 e. The minimum Gasteiger partial charge on any atom is -0.100 e. The molecule has 2 rings (SSSR count). The Bertz CT molecular complexity index is 1070. The third kappa shape index (κ3) is 9.18. The van der Waals surface area contributed by atoms with Crippen LogP contribution in [0.5, 0.6) is 0 Å². The second-order valence-electron chi connectivity index (χ2n) is 8.70. The van der Waals surface area contributed by atoms with E-state index < -0.39 is 0 Å². The van der Waals surface area contributed by atoms with Gasteiger partial charge in [-0.15, -0.1) is 6.58 Å². The molecule has 0 radical (unpaired) electrons. The lowest BCUT2D eigenvalue weighted by atomic mass is 9.98. The zero-order valence-electron chi connectivity index (χ0n) is 19.8. The molecule has 0 saturated carbocycles. The van der Waals surface area contributed by atoms with Crippen molar-refractivity contribution in [2.24, 2.45) is 0 Å². The normalized spacial score (nSPS) is 11.1. The summed E-state index contributed by atoms with van der Waals surface area (Å²) < 4.78 is 0. The number of hydrogen-bond acceptors (Lipinski definition) is 0. The Morgan fingerprint density at radius 3 is 2.12 bits per heavy atom. The second kappa shape index (κ2) is 12.5. The Labute approximate surface area is 195 Å². The molecule has 0 amide bonds. The van der Waals surface area contributed by atoms with Crippen LogP contribution in [0.15, 0.2) is 122 Å². The topological polar surface area (TPSA) is 0 Å². The maximum absolute atomic E-state index is 4.27. The van der Waals surface area contributed by atoms with Gasteiger partial charge in [0.1, 0.15) is 0 Å². The lowest BCUT2D eigenvalue weighted by molar-refractivity contribution is 0.895. The highest BCUT2D eigenvalue weighted by molar-refractivity contribution is 5.77. The van der Waals surface area contributed by atoms with Gasteiger partial charge in [-0.2, -0.15) is 0 Å². The molecular formula is C32H36. The van der Waals surface area contributed by atoms with Crippen LogP contribution < -0.4 is 0 Å². The molecule has 0 N–H and O–H groups in total. The van der Waals surface area contributed by atoms with Gasteiger partial charge in [0.15, 0.2) is 0 Å². The highest BCUT2D eigenvalue weighted by atomic mass is 14.1. The van der Waals surface area contributed by atoms with E-state index in [4.69, 9.17) is 0 Å². The van der Waals surface area contributed by atoms with Crippen molar-refractivity contribution in [2.75, 3.05) is 0 Å². The largest absolute Gasteiger partial charge is 0.100 e. The summed E-state index contributed by atoms with van der Waals surface area (Å²) in [5.41, 5.74) is 10.3. The SMILES string of the molecule is C=C(C)/C=C/C(=C)Cc1cccc(C(=C)/C=C/c2cccc(CC(=C)CCC(=C)C)c2)c1. The van der Waals surface area contributed by atoms with Crippen LogP contribution >= 0.6 is 0 Å². The van der Waals surface area contributed by atoms with Gasteiger partial charge < -0.3 is 0 Å². The summed E-state index contributed by atoms with van der Waals surface area (Å²) in [6.45, 7) is 24.6. The summed E-state index contributed by atoms with van der Waals surface area (Å²) in [5, 5.41) is 0. The quantitative estimate of drug-likeness (QED) is 0.237. The van der Waals surface area contributed by atoms with Gasteiger partial charge >= 0.3 is 0 Å². The van der Waals surface area contributed by atoms with Gasteiger partial charge in [-0.25, -0.2) is 0 Å². The fourth-order valence-electron chi connectivity index (χ4n) is 3.33. The molecule has 0 nitrogen and oxygen atoms in total. The third-order valence-electron chi connectivity index (χ3n) is 5.12. The fourth-order valence-corrected chi connectivity index (χ4v) is 3.33. The van der Waals surface area contributed by atoms with Crippen molar-refractivity contribution in [1.29, 1.82) is 0 Å². The fraction of sp³-hybridized carbons (Fsp3) is 0.188. The molecule has 164 valence electrons. The van der Waals surface area contributed by atoms with Crippen LogP contribution in [-0.2, 0) is 12.8 Å². The highest BCUT2D eigenvalue weighted by Crippen LogP contribution is 2.20. The van der Waals surface area contributed by atoms with Crippen LogP contribution in [0.2, 0.25) is 0 Å². The molecule has 2 aromatic carbocycles. The molecule has 0 fully saturated rings. The maximum atomic E-state index is 4.27. The lowest BCUT2D eigenvalue weighted by Gasteiger charge is -2.08. The molecule has 32 heavy (non-hydrogen) atoms. The van der Waals surface area contributed by atoms with Crippen molar-refractivity contribution in [3.63, 3.8) is 0 Å². The van der Waals surface area contributed by atoms with Gasteiger partial charge in [-0.3, -0.25) is 0 Å². The molecular weight excluding hydrogens is 384 g/mol. The first-order valence-corrected chi connectivity index (χ1v) is 11.1. The van der Waals surface area contributed by atoms with Gasteiger partial charge in [-0.05, 0) is 67.4 Å². The monoisotopic (exact) mass is 420 g/mol. The number of benzene rings is 2. The van der Waals surface area contributed by atoms with Crippen LogP contribution in [0.25, 0.3) is 11.6 Å². The van der Waals surface area contributed by atoms with Crippen molar-refractivity contribution in [3.8, 4) is 0 Å². The van der Waals surface area contributed by atoms with E-state index in [-0.39, 0.29) is 0 Å². The van der Waals surface area contributed by atoms with E-state index in [0.717, 1.165) is 48.0 Å². The highest BCUT2D eigenvalue weighted by Gasteiger charge is 2.02. The second-order valence-corrected chi connectivity index (χ2v) is 8.70. The van der Waals surface area contributed by atoms with Crippen molar-refractivity contribution in [2.45, 2.75) is 39.5 Å². The van der Waals surface area contributed by atoms with E-state index >= 15 is 0 Å². The average Bonchev–Trinajstić information content (AvgIpc) is 2.75. The first-order chi connectivity index (χ1) is 15.2. The van der Waals surface area contributed by atoms with E-state index in [2.05, 4.69) is 101 Å². The number of rotatable bonds is 12. The van der Waals surface area contributed by atoms with Crippen molar-refractivity contribution in [3.05, 3.63) is 144 Å². The van der Waals surface area contributed by atoms with E-state index in [1.165, 1.54) is 27.8 Å². The molecule has 0 saturated heterocycles. The molecule has 0 aromatic heterocycles. The number of allylic oxidation sites excluding steroid dienone is 8. The van der Waals surface area contributed by atoms with Crippen molar-refractivity contribution < 1.29 is 0 Å². The average molecular weight is 421 g/mol.